The number of hydrogen-bond acceptors (Lipinski definition) is 8. The maximum Gasteiger partial charge on any atom is 0.475 e. The number of nitrogens with one attached hydrogen (secondary N) is 1. The number of amides is 2. The minimum atomic E-state index is -1.77. The summed E-state index contributed by atoms with van der Waals surface area (Å²) in [6.07, 6.45) is 2.71. The minimum absolute atomic E-state index is 0.0524. The van der Waals surface area contributed by atoms with E-state index in [9.17, 15) is 24.9 Å². The van der Waals surface area contributed by atoms with Crippen LogP contribution in [-0.2, 0) is 20.7 Å². The SMILES string of the molecule is C[C@@H]1CN(C(C)(C)/C=C(\C#N)C(=O)N2CCCC[C@@H](OC(=O)N[C@@H](Cc3ccccc3)B(O)O)C2)C[C@@H](C)O1. The number of nitriles is 1. The zero-order valence-corrected chi connectivity index (χ0v) is 23.4. The van der Waals surface area contributed by atoms with Gasteiger partial charge in [0.15, 0.2) is 0 Å². The highest BCUT2D eigenvalue weighted by Crippen LogP contribution is 2.25. The van der Waals surface area contributed by atoms with Gasteiger partial charge in [-0.3, -0.25) is 9.69 Å². The molecule has 0 spiro atoms. The van der Waals surface area contributed by atoms with Gasteiger partial charge in [0.2, 0.25) is 0 Å². The van der Waals surface area contributed by atoms with Crippen molar-refractivity contribution >= 4 is 19.1 Å². The molecule has 0 unspecified atom stereocenters. The monoisotopic (exact) mass is 540 g/mol. The summed E-state index contributed by atoms with van der Waals surface area (Å²) in [5.41, 5.74) is 0.359. The lowest BCUT2D eigenvalue weighted by Gasteiger charge is -2.43. The van der Waals surface area contributed by atoms with Crippen LogP contribution in [0.5, 0.6) is 0 Å². The second-order valence-corrected chi connectivity index (χ2v) is 11.1. The lowest BCUT2D eigenvalue weighted by atomic mass is 9.76. The molecule has 1 aromatic carbocycles. The smallest absolute Gasteiger partial charge is 0.444 e. The van der Waals surface area contributed by atoms with Crippen LogP contribution < -0.4 is 5.32 Å². The summed E-state index contributed by atoms with van der Waals surface area (Å²) >= 11 is 0. The van der Waals surface area contributed by atoms with Crippen LogP contribution >= 0.6 is 0 Å². The molecule has 2 fully saturated rings. The summed E-state index contributed by atoms with van der Waals surface area (Å²) in [5.74, 6) is -1.34. The molecule has 0 aliphatic carbocycles. The molecule has 2 aliphatic rings. The lowest BCUT2D eigenvalue weighted by molar-refractivity contribution is -0.128. The average Bonchev–Trinajstić information content (AvgIpc) is 3.12. The molecule has 2 saturated heterocycles. The van der Waals surface area contributed by atoms with E-state index in [2.05, 4.69) is 16.3 Å². The largest absolute Gasteiger partial charge is 0.475 e. The Balaban J connectivity index is 1.64. The third kappa shape index (κ3) is 9.07. The Kier molecular flexibility index (Phi) is 11.0. The number of hydrogen-bond donors (Lipinski definition) is 3. The number of rotatable bonds is 8. The van der Waals surface area contributed by atoms with Gasteiger partial charge in [0.1, 0.15) is 17.7 Å². The third-order valence-electron chi connectivity index (χ3n) is 7.23. The van der Waals surface area contributed by atoms with Crippen molar-refractivity contribution in [1.82, 2.24) is 15.1 Å². The van der Waals surface area contributed by atoms with Gasteiger partial charge < -0.3 is 29.7 Å². The summed E-state index contributed by atoms with van der Waals surface area (Å²) < 4.78 is 11.4. The fourth-order valence-corrected chi connectivity index (χ4v) is 5.22. The maximum atomic E-state index is 13.4. The number of likely N-dealkylation sites (tertiary alicyclic amines) is 1. The molecule has 3 rings (SSSR count). The van der Waals surface area contributed by atoms with Gasteiger partial charge in [-0.2, -0.15) is 5.26 Å². The number of carbonyl (C=O) groups is 2. The Morgan fingerprint density at radius 2 is 1.87 bits per heavy atom. The van der Waals surface area contributed by atoms with E-state index in [0.717, 1.165) is 18.4 Å². The molecule has 0 aromatic heterocycles. The third-order valence-corrected chi connectivity index (χ3v) is 7.23. The Hall–Kier alpha value is -2.91. The molecule has 39 heavy (non-hydrogen) atoms. The second kappa shape index (κ2) is 13.9. The number of alkyl carbamates (subject to hydrolysis) is 1. The summed E-state index contributed by atoms with van der Waals surface area (Å²) in [7, 11) is -1.77. The molecule has 10 nitrogen and oxygen atoms in total. The van der Waals surface area contributed by atoms with E-state index < -0.39 is 30.8 Å². The minimum Gasteiger partial charge on any atom is -0.444 e. The summed E-state index contributed by atoms with van der Waals surface area (Å²) in [5, 5.41) is 32.0. The van der Waals surface area contributed by atoms with E-state index in [1.54, 1.807) is 11.0 Å². The first kappa shape index (κ1) is 30.6. The molecular weight excluding hydrogens is 499 g/mol. The number of carbonyl (C=O) groups excluding carboxylic acids is 2. The molecule has 1 aromatic rings. The first-order valence-electron chi connectivity index (χ1n) is 13.7. The van der Waals surface area contributed by atoms with Crippen LogP contribution in [0.1, 0.15) is 52.5 Å². The Bertz CT molecular complexity index is 1030. The van der Waals surface area contributed by atoms with Crippen LogP contribution in [0, 0.1) is 11.3 Å². The fraction of sp³-hybridized carbons (Fsp3) is 0.607. The molecule has 2 amide bonds. The maximum absolute atomic E-state index is 13.4. The Morgan fingerprint density at radius 3 is 2.49 bits per heavy atom. The van der Waals surface area contributed by atoms with E-state index in [0.29, 0.717) is 26.1 Å². The van der Waals surface area contributed by atoms with Crippen molar-refractivity contribution < 1.29 is 29.1 Å². The van der Waals surface area contributed by atoms with Crippen molar-refractivity contribution in [3.8, 4) is 6.07 Å². The fourth-order valence-electron chi connectivity index (χ4n) is 5.22. The second-order valence-electron chi connectivity index (χ2n) is 11.1. The molecule has 4 atom stereocenters. The molecule has 0 radical (unpaired) electrons. The first-order chi connectivity index (χ1) is 18.5. The van der Waals surface area contributed by atoms with Crippen molar-refractivity contribution in [2.75, 3.05) is 26.2 Å². The zero-order valence-electron chi connectivity index (χ0n) is 23.4. The van der Waals surface area contributed by atoms with E-state index in [1.807, 2.05) is 58.0 Å². The number of benzene rings is 1. The molecular formula is C28H41BN4O6. The van der Waals surface area contributed by atoms with Gasteiger partial charge in [0.25, 0.3) is 5.91 Å². The molecule has 0 bridgehead atoms. The highest BCUT2D eigenvalue weighted by atomic mass is 16.6. The van der Waals surface area contributed by atoms with Crippen LogP contribution in [0.15, 0.2) is 42.0 Å². The topological polar surface area (TPSA) is 135 Å². The van der Waals surface area contributed by atoms with Gasteiger partial charge in [-0.1, -0.05) is 30.3 Å². The average molecular weight is 540 g/mol. The zero-order chi connectivity index (χ0) is 28.6. The molecule has 0 saturated carbocycles. The molecule has 2 heterocycles. The Labute approximate surface area is 231 Å². The van der Waals surface area contributed by atoms with Crippen LogP contribution in [0.25, 0.3) is 0 Å². The number of ether oxygens (including phenoxy) is 2. The summed E-state index contributed by atoms with van der Waals surface area (Å²) in [6, 6.07) is 11.3. The van der Waals surface area contributed by atoms with Crippen LogP contribution in [0.4, 0.5) is 4.79 Å². The van der Waals surface area contributed by atoms with E-state index in [1.165, 1.54) is 0 Å². The number of nitrogens with zero attached hydrogens (tertiary/aromatic N) is 3. The van der Waals surface area contributed by atoms with Crippen molar-refractivity contribution in [3.63, 3.8) is 0 Å². The van der Waals surface area contributed by atoms with Crippen molar-refractivity contribution in [1.29, 1.82) is 5.26 Å². The van der Waals surface area contributed by atoms with E-state index in [-0.39, 0.29) is 36.7 Å². The van der Waals surface area contributed by atoms with Crippen molar-refractivity contribution in [2.24, 2.45) is 0 Å². The van der Waals surface area contributed by atoms with Crippen LogP contribution in [0.2, 0.25) is 0 Å². The first-order valence-corrected chi connectivity index (χ1v) is 13.7. The summed E-state index contributed by atoms with van der Waals surface area (Å²) in [6.45, 7) is 10.0. The normalized spacial score (nSPS) is 23.8. The molecule has 2 aliphatic heterocycles. The van der Waals surface area contributed by atoms with Gasteiger partial charge in [-0.05, 0) is 65.0 Å². The lowest BCUT2D eigenvalue weighted by Crippen LogP contribution is -2.54. The number of morpholine rings is 1. The van der Waals surface area contributed by atoms with Gasteiger partial charge >= 0.3 is 13.2 Å². The van der Waals surface area contributed by atoms with E-state index in [4.69, 9.17) is 9.47 Å². The van der Waals surface area contributed by atoms with Gasteiger partial charge in [-0.25, -0.2) is 4.79 Å². The van der Waals surface area contributed by atoms with Crippen LogP contribution in [0.3, 0.4) is 0 Å². The Morgan fingerprint density at radius 1 is 1.21 bits per heavy atom. The van der Waals surface area contributed by atoms with Crippen molar-refractivity contribution in [2.45, 2.75) is 83.2 Å². The highest BCUT2D eigenvalue weighted by molar-refractivity contribution is 6.43. The van der Waals surface area contributed by atoms with Gasteiger partial charge in [-0.15, -0.1) is 0 Å². The molecule has 212 valence electrons. The van der Waals surface area contributed by atoms with Crippen LogP contribution in [-0.4, -0.2) is 94.9 Å². The van der Waals surface area contributed by atoms with E-state index >= 15 is 0 Å². The van der Waals surface area contributed by atoms with Gasteiger partial charge in [0.05, 0.1) is 24.7 Å². The molecule has 11 heteroatoms. The quantitative estimate of drug-likeness (QED) is 0.259. The predicted molar refractivity (Wildman–Crippen MR) is 147 cm³/mol. The standard InChI is InChI=1S/C28H41BN4O6/c1-20-17-33(18-21(2)38-20)28(3,4)15-23(16-30)26(34)32-13-9-8-12-24(19-32)39-27(35)31-25(29(36)37)14-22-10-6-5-7-11-22/h5-7,10-11,15,20-21,24-25,36-37H,8-9,12-14,17-19H2,1-4H3,(H,31,35)/b23-15+/t20-,21-,24-,25+/m1/s1. The molecule has 3 N–H and O–H groups in total. The highest BCUT2D eigenvalue weighted by Gasteiger charge is 2.34. The summed E-state index contributed by atoms with van der Waals surface area (Å²) in [4.78, 5) is 29.9. The predicted octanol–water partition coefficient (Wildman–Crippen LogP) is 2.05. The van der Waals surface area contributed by atoms with Gasteiger partial charge in [0, 0.05) is 25.2 Å². The van der Waals surface area contributed by atoms with Crippen molar-refractivity contribution in [3.05, 3.63) is 47.5 Å².